The third kappa shape index (κ3) is 8.80. The van der Waals surface area contributed by atoms with Gasteiger partial charge >= 0.3 is 41.8 Å². The van der Waals surface area contributed by atoms with E-state index in [1.54, 1.807) is 32.9 Å². The van der Waals surface area contributed by atoms with Crippen LogP contribution in [0.4, 0.5) is 0 Å². The average molecular weight is 683 g/mol. The molecule has 0 unspecified atom stereocenters. The minimum absolute atomic E-state index is 0.0476. The van der Waals surface area contributed by atoms with Crippen LogP contribution in [0.3, 0.4) is 0 Å². The zero-order valence-corrected chi connectivity index (χ0v) is 27.9. The van der Waals surface area contributed by atoms with Gasteiger partial charge in [0.25, 0.3) is 17.4 Å². The maximum Gasteiger partial charge on any atom is 0.348 e. The highest BCUT2D eigenvalue weighted by atomic mass is 16.8. The van der Waals surface area contributed by atoms with Crippen molar-refractivity contribution in [3.05, 3.63) is 70.4 Å². The van der Waals surface area contributed by atoms with Crippen LogP contribution in [0, 0.1) is 0 Å². The van der Waals surface area contributed by atoms with Crippen molar-refractivity contribution in [1.82, 2.24) is 0 Å². The molecule has 0 aromatic heterocycles. The summed E-state index contributed by atoms with van der Waals surface area (Å²) in [6, 6.07) is 0. The van der Waals surface area contributed by atoms with Gasteiger partial charge in [0.1, 0.15) is 16.7 Å². The number of hydrogen-bond acceptors (Lipinski definition) is 14. The number of carbonyl (C=O) groups is 7. The first-order valence-electron chi connectivity index (χ1n) is 15.8. The standard InChI is InChI=1S/C35H38O14/c1-6-8-21(3)9-12-24-29(39)46-34(47-30(24)40)17-19-35(20-18-34)48-31(41)25(32(42)49-35)14-11-22(4)10-13-23-27(37)44-33(5,45-28(23)38)16-15-26(36)43-7-2/h6,8-10,12-14H,7,11,15-20H2,1-5H3. The third-order valence-electron chi connectivity index (χ3n) is 8.02. The summed E-state index contributed by atoms with van der Waals surface area (Å²) in [5.74, 6) is -10.8. The number of cyclic esters (lactones) is 2. The molecule has 0 aromatic carbocycles. The van der Waals surface area contributed by atoms with E-state index < -0.39 is 59.1 Å². The highest BCUT2D eigenvalue weighted by molar-refractivity contribution is 6.16. The van der Waals surface area contributed by atoms with Crippen molar-refractivity contribution in [1.29, 1.82) is 0 Å². The molecule has 4 fully saturated rings. The molecule has 14 heteroatoms. The molecule has 49 heavy (non-hydrogen) atoms. The van der Waals surface area contributed by atoms with Gasteiger partial charge in [-0.05, 0) is 46.3 Å². The van der Waals surface area contributed by atoms with Crippen LogP contribution >= 0.6 is 0 Å². The van der Waals surface area contributed by atoms with E-state index in [1.807, 2.05) is 13.0 Å². The molecule has 1 aliphatic carbocycles. The van der Waals surface area contributed by atoms with Gasteiger partial charge in [-0.15, -0.1) is 0 Å². The van der Waals surface area contributed by atoms with E-state index in [0.29, 0.717) is 5.57 Å². The molecule has 0 amide bonds. The first-order chi connectivity index (χ1) is 23.1. The van der Waals surface area contributed by atoms with Gasteiger partial charge in [-0.1, -0.05) is 41.5 Å². The SMILES string of the molecule is CC=CC(C)=CC=C1C(=O)OC2(CCC3(CC2)OC(=O)C(=CCC(C)=CC=C2C(=O)OC(C)(CCC(=O)OCC)OC2=O)C(=O)O3)OC1=O. The van der Waals surface area contributed by atoms with Gasteiger partial charge in [0.15, 0.2) is 0 Å². The third-order valence-corrected chi connectivity index (χ3v) is 8.02. The fourth-order valence-electron chi connectivity index (χ4n) is 5.32. The van der Waals surface area contributed by atoms with Crippen molar-refractivity contribution in [3.8, 4) is 0 Å². The number of hydrogen-bond donors (Lipinski definition) is 0. The normalized spacial score (nSPS) is 27.7. The Kier molecular flexibility index (Phi) is 11.1. The van der Waals surface area contributed by atoms with Gasteiger partial charge in [-0.2, -0.15) is 0 Å². The molecule has 4 rings (SSSR count). The lowest BCUT2D eigenvalue weighted by Gasteiger charge is -2.46. The average Bonchev–Trinajstić information content (AvgIpc) is 3.01. The Morgan fingerprint density at radius 1 is 0.714 bits per heavy atom. The minimum atomic E-state index is -1.63. The van der Waals surface area contributed by atoms with Gasteiger partial charge in [0, 0.05) is 39.0 Å². The molecule has 3 heterocycles. The minimum Gasteiger partial charge on any atom is -0.466 e. The first kappa shape index (κ1) is 36.6. The molecule has 0 aromatic rings. The smallest absolute Gasteiger partial charge is 0.348 e. The molecule has 3 aliphatic heterocycles. The number of ether oxygens (including phenoxy) is 7. The Balaban J connectivity index is 1.33. The predicted molar refractivity (Wildman–Crippen MR) is 166 cm³/mol. The quantitative estimate of drug-likeness (QED) is 0.112. The van der Waals surface area contributed by atoms with Crippen LogP contribution in [0.25, 0.3) is 0 Å². The van der Waals surface area contributed by atoms with E-state index in [-0.39, 0.29) is 68.3 Å². The Hall–Kier alpha value is -5.27. The molecule has 0 atom stereocenters. The molecule has 0 N–H and O–H groups in total. The van der Waals surface area contributed by atoms with Crippen LogP contribution in [0.1, 0.15) is 79.6 Å². The van der Waals surface area contributed by atoms with Crippen LogP contribution < -0.4 is 0 Å². The first-order valence-corrected chi connectivity index (χ1v) is 15.8. The van der Waals surface area contributed by atoms with Crippen LogP contribution in [-0.2, 0) is 66.7 Å². The number of rotatable bonds is 9. The van der Waals surface area contributed by atoms with Crippen LogP contribution in [0.5, 0.6) is 0 Å². The molecule has 262 valence electrons. The fraction of sp³-hybridized carbons (Fsp3) is 0.457. The van der Waals surface area contributed by atoms with E-state index >= 15 is 0 Å². The lowest BCUT2D eigenvalue weighted by molar-refractivity contribution is -0.291. The largest absolute Gasteiger partial charge is 0.466 e. The van der Waals surface area contributed by atoms with Crippen molar-refractivity contribution >= 4 is 41.8 Å². The number of esters is 7. The molecule has 3 saturated heterocycles. The van der Waals surface area contributed by atoms with Crippen molar-refractivity contribution < 1.29 is 66.7 Å². The van der Waals surface area contributed by atoms with Gasteiger partial charge < -0.3 is 33.2 Å². The van der Waals surface area contributed by atoms with Gasteiger partial charge in [-0.25, -0.2) is 28.8 Å². The Bertz CT molecular complexity index is 1560. The summed E-state index contributed by atoms with van der Waals surface area (Å²) in [5.41, 5.74) is 0.349. The van der Waals surface area contributed by atoms with Crippen molar-refractivity contribution in [2.45, 2.75) is 96.9 Å². The summed E-state index contributed by atoms with van der Waals surface area (Å²) in [5, 5.41) is 0. The monoisotopic (exact) mass is 682 g/mol. The molecule has 1 saturated carbocycles. The lowest BCUT2D eigenvalue weighted by Crippen LogP contribution is -2.56. The molecule has 2 spiro atoms. The number of allylic oxidation sites excluding steroid dienone is 9. The van der Waals surface area contributed by atoms with Crippen LogP contribution in [0.2, 0.25) is 0 Å². The van der Waals surface area contributed by atoms with Crippen LogP contribution in [-0.4, -0.2) is 65.8 Å². The zero-order chi connectivity index (χ0) is 36.0. The summed E-state index contributed by atoms with van der Waals surface area (Å²) < 4.78 is 37.4. The Morgan fingerprint density at radius 2 is 1.16 bits per heavy atom. The van der Waals surface area contributed by atoms with Gasteiger partial charge in [-0.3, -0.25) is 4.79 Å². The maximum absolute atomic E-state index is 12.9. The fourth-order valence-corrected chi connectivity index (χ4v) is 5.32. The van der Waals surface area contributed by atoms with Gasteiger partial charge in [0.05, 0.1) is 13.0 Å². The van der Waals surface area contributed by atoms with Crippen molar-refractivity contribution in [2.24, 2.45) is 0 Å². The Labute approximate surface area is 282 Å². The maximum atomic E-state index is 12.9. The highest BCUT2D eigenvalue weighted by Gasteiger charge is 2.56. The molecule has 4 aliphatic rings. The van der Waals surface area contributed by atoms with E-state index in [2.05, 4.69) is 0 Å². The Morgan fingerprint density at radius 3 is 1.63 bits per heavy atom. The summed E-state index contributed by atoms with van der Waals surface area (Å²) in [7, 11) is 0. The van der Waals surface area contributed by atoms with Crippen LogP contribution in [0.15, 0.2) is 70.4 Å². The topological polar surface area (TPSA) is 184 Å². The summed E-state index contributed by atoms with van der Waals surface area (Å²) in [6.45, 7) is 8.46. The molecular weight excluding hydrogens is 644 g/mol. The summed E-state index contributed by atoms with van der Waals surface area (Å²) in [6.07, 6.45) is 9.96. The van der Waals surface area contributed by atoms with Crippen molar-refractivity contribution in [2.75, 3.05) is 6.61 Å². The summed E-state index contributed by atoms with van der Waals surface area (Å²) >= 11 is 0. The molecular formula is C35H38O14. The molecule has 0 radical (unpaired) electrons. The van der Waals surface area contributed by atoms with Gasteiger partial charge in [0.2, 0.25) is 0 Å². The van der Waals surface area contributed by atoms with E-state index in [1.165, 1.54) is 31.2 Å². The lowest BCUT2D eigenvalue weighted by atomic mass is 9.87. The second kappa shape index (κ2) is 14.9. The predicted octanol–water partition coefficient (Wildman–Crippen LogP) is 3.95. The second-order valence-corrected chi connectivity index (χ2v) is 12.0. The zero-order valence-electron chi connectivity index (χ0n) is 27.9. The highest BCUT2D eigenvalue weighted by Crippen LogP contribution is 2.45. The van der Waals surface area contributed by atoms with E-state index in [4.69, 9.17) is 33.2 Å². The second-order valence-electron chi connectivity index (χ2n) is 12.0. The molecule has 0 bridgehead atoms. The van der Waals surface area contributed by atoms with E-state index in [0.717, 1.165) is 5.57 Å². The number of carbonyl (C=O) groups excluding carboxylic acids is 7. The summed E-state index contributed by atoms with van der Waals surface area (Å²) in [4.78, 5) is 87.8. The molecule has 14 nitrogen and oxygen atoms in total. The van der Waals surface area contributed by atoms with Crippen molar-refractivity contribution in [3.63, 3.8) is 0 Å². The van der Waals surface area contributed by atoms with E-state index in [9.17, 15) is 33.6 Å².